The highest BCUT2D eigenvalue weighted by Crippen LogP contribution is 2.16. The summed E-state index contributed by atoms with van der Waals surface area (Å²) in [5.74, 6) is -0.189. The summed E-state index contributed by atoms with van der Waals surface area (Å²) in [7, 11) is 0. The molecule has 0 aliphatic rings. The van der Waals surface area contributed by atoms with E-state index in [1.54, 1.807) is 11.8 Å². The standard InChI is InChI=1S/C25H34N2O2/c1-17-8-10-21(11-9-17)16-27(20(4)24(29)26-25(5,6)7)23(28)15-22-13-18(2)12-19(3)14-22/h8-14,20H,15-16H2,1-7H3,(H,26,29)/t20-/m1/s1. The third-order valence-electron chi connectivity index (χ3n) is 4.78. The van der Waals surface area contributed by atoms with Crippen molar-refractivity contribution in [1.29, 1.82) is 0 Å². The Balaban J connectivity index is 2.27. The van der Waals surface area contributed by atoms with Crippen molar-refractivity contribution in [1.82, 2.24) is 10.2 Å². The van der Waals surface area contributed by atoms with Crippen LogP contribution in [0.15, 0.2) is 42.5 Å². The summed E-state index contributed by atoms with van der Waals surface area (Å²) >= 11 is 0. The number of aryl methyl sites for hydroxylation is 3. The van der Waals surface area contributed by atoms with Crippen LogP contribution >= 0.6 is 0 Å². The highest BCUT2D eigenvalue weighted by Gasteiger charge is 2.28. The number of hydrogen-bond acceptors (Lipinski definition) is 2. The van der Waals surface area contributed by atoms with Crippen LogP contribution in [0.25, 0.3) is 0 Å². The molecule has 0 unspecified atom stereocenters. The highest BCUT2D eigenvalue weighted by atomic mass is 16.2. The molecule has 156 valence electrons. The fourth-order valence-electron chi connectivity index (χ4n) is 3.39. The minimum atomic E-state index is -0.561. The molecule has 29 heavy (non-hydrogen) atoms. The average molecular weight is 395 g/mol. The van der Waals surface area contributed by atoms with Crippen LogP contribution in [-0.2, 0) is 22.6 Å². The molecule has 0 aliphatic heterocycles. The number of rotatable bonds is 6. The van der Waals surface area contributed by atoms with Crippen molar-refractivity contribution < 1.29 is 9.59 Å². The zero-order valence-corrected chi connectivity index (χ0v) is 18.8. The van der Waals surface area contributed by atoms with Gasteiger partial charge >= 0.3 is 0 Å². The van der Waals surface area contributed by atoms with Gasteiger partial charge in [-0.2, -0.15) is 0 Å². The highest BCUT2D eigenvalue weighted by molar-refractivity contribution is 5.88. The van der Waals surface area contributed by atoms with Gasteiger partial charge < -0.3 is 10.2 Å². The van der Waals surface area contributed by atoms with Crippen LogP contribution in [-0.4, -0.2) is 28.3 Å². The smallest absolute Gasteiger partial charge is 0.242 e. The first-order valence-corrected chi connectivity index (χ1v) is 10.2. The van der Waals surface area contributed by atoms with E-state index in [2.05, 4.69) is 11.4 Å². The molecule has 0 bridgehead atoms. The van der Waals surface area contributed by atoms with Crippen molar-refractivity contribution in [3.63, 3.8) is 0 Å². The first-order valence-electron chi connectivity index (χ1n) is 10.2. The number of nitrogens with zero attached hydrogens (tertiary/aromatic N) is 1. The van der Waals surface area contributed by atoms with Crippen molar-refractivity contribution in [2.75, 3.05) is 0 Å². The van der Waals surface area contributed by atoms with Gasteiger partial charge in [-0.05, 0) is 59.6 Å². The van der Waals surface area contributed by atoms with E-state index < -0.39 is 6.04 Å². The van der Waals surface area contributed by atoms with Crippen molar-refractivity contribution in [2.45, 2.75) is 73.0 Å². The maximum Gasteiger partial charge on any atom is 0.242 e. The molecular formula is C25H34N2O2. The molecule has 2 aromatic carbocycles. The summed E-state index contributed by atoms with van der Waals surface area (Å²) < 4.78 is 0. The average Bonchev–Trinajstić information content (AvgIpc) is 2.58. The van der Waals surface area contributed by atoms with Crippen molar-refractivity contribution >= 4 is 11.8 Å². The Morgan fingerprint density at radius 2 is 1.45 bits per heavy atom. The van der Waals surface area contributed by atoms with Gasteiger partial charge in [0.15, 0.2) is 0 Å². The predicted octanol–water partition coefficient (Wildman–Crippen LogP) is 4.49. The number of carbonyl (C=O) groups excluding carboxylic acids is 2. The Bertz CT molecular complexity index is 843. The maximum atomic E-state index is 13.3. The first kappa shape index (κ1) is 22.7. The summed E-state index contributed by atoms with van der Waals surface area (Å²) in [5, 5.41) is 3.00. The molecule has 2 aromatic rings. The Hall–Kier alpha value is -2.62. The largest absolute Gasteiger partial charge is 0.350 e. The first-order chi connectivity index (χ1) is 13.4. The molecule has 2 amide bonds. The summed E-state index contributed by atoms with van der Waals surface area (Å²) in [6.07, 6.45) is 0.279. The van der Waals surface area contributed by atoms with Crippen LogP contribution in [0.1, 0.15) is 55.5 Å². The number of carbonyl (C=O) groups is 2. The molecule has 1 N–H and O–H groups in total. The fourth-order valence-corrected chi connectivity index (χ4v) is 3.39. The minimum absolute atomic E-state index is 0.0489. The van der Waals surface area contributed by atoms with E-state index in [9.17, 15) is 9.59 Å². The van der Waals surface area contributed by atoms with Crippen LogP contribution < -0.4 is 5.32 Å². The van der Waals surface area contributed by atoms with Gasteiger partial charge in [0, 0.05) is 12.1 Å². The third kappa shape index (κ3) is 7.04. The molecule has 0 saturated carbocycles. The van der Waals surface area contributed by atoms with Gasteiger partial charge in [0.2, 0.25) is 11.8 Å². The van der Waals surface area contributed by atoms with Crippen LogP contribution in [0.4, 0.5) is 0 Å². The van der Waals surface area contributed by atoms with Gasteiger partial charge in [-0.3, -0.25) is 9.59 Å². The zero-order chi connectivity index (χ0) is 21.8. The van der Waals surface area contributed by atoms with Crippen LogP contribution in [0, 0.1) is 20.8 Å². The second kappa shape index (κ2) is 9.25. The lowest BCUT2D eigenvalue weighted by Crippen LogP contribution is -2.52. The topological polar surface area (TPSA) is 49.4 Å². The van der Waals surface area contributed by atoms with E-state index in [4.69, 9.17) is 0 Å². The van der Waals surface area contributed by atoms with Gasteiger partial charge in [0.1, 0.15) is 6.04 Å². The summed E-state index contributed by atoms with van der Waals surface area (Å²) in [6.45, 7) is 14.1. The molecule has 0 saturated heterocycles. The lowest BCUT2D eigenvalue weighted by atomic mass is 10.0. The van der Waals surface area contributed by atoms with E-state index in [0.717, 1.165) is 22.3 Å². The number of amides is 2. The Labute approximate surface area is 175 Å². The lowest BCUT2D eigenvalue weighted by molar-refractivity contribution is -0.140. The summed E-state index contributed by atoms with van der Waals surface area (Å²) in [5.41, 5.74) is 5.08. The van der Waals surface area contributed by atoms with Gasteiger partial charge in [0.25, 0.3) is 0 Å². The predicted molar refractivity (Wildman–Crippen MR) is 119 cm³/mol. The second-order valence-electron chi connectivity index (χ2n) is 9.10. The van der Waals surface area contributed by atoms with Crippen LogP contribution in [0.3, 0.4) is 0 Å². The number of benzene rings is 2. The van der Waals surface area contributed by atoms with E-state index in [-0.39, 0.29) is 23.8 Å². The van der Waals surface area contributed by atoms with Gasteiger partial charge in [-0.25, -0.2) is 0 Å². The summed E-state index contributed by atoms with van der Waals surface area (Å²) in [6, 6.07) is 13.7. The zero-order valence-electron chi connectivity index (χ0n) is 18.8. The SMILES string of the molecule is Cc1ccc(CN(C(=O)Cc2cc(C)cc(C)c2)[C@H](C)C(=O)NC(C)(C)C)cc1. The molecule has 0 spiro atoms. The van der Waals surface area contributed by atoms with Crippen molar-refractivity contribution in [3.05, 3.63) is 70.3 Å². The van der Waals surface area contributed by atoms with Crippen molar-refractivity contribution in [2.24, 2.45) is 0 Å². The van der Waals surface area contributed by atoms with E-state index in [0.29, 0.717) is 6.54 Å². The molecule has 0 heterocycles. The van der Waals surface area contributed by atoms with Gasteiger partial charge in [-0.15, -0.1) is 0 Å². The lowest BCUT2D eigenvalue weighted by Gasteiger charge is -2.31. The Kier molecular flexibility index (Phi) is 7.23. The summed E-state index contributed by atoms with van der Waals surface area (Å²) in [4.78, 5) is 27.8. The van der Waals surface area contributed by atoms with Crippen molar-refractivity contribution in [3.8, 4) is 0 Å². The monoisotopic (exact) mass is 394 g/mol. The van der Waals surface area contributed by atoms with E-state index in [1.807, 2.05) is 77.9 Å². The van der Waals surface area contributed by atoms with Gasteiger partial charge in [-0.1, -0.05) is 59.2 Å². The molecule has 1 atom stereocenters. The third-order valence-corrected chi connectivity index (χ3v) is 4.78. The van der Waals surface area contributed by atoms with E-state index >= 15 is 0 Å². The molecule has 4 heteroatoms. The molecule has 0 fully saturated rings. The maximum absolute atomic E-state index is 13.3. The Morgan fingerprint density at radius 3 is 1.97 bits per heavy atom. The van der Waals surface area contributed by atoms with Gasteiger partial charge in [0.05, 0.1) is 6.42 Å². The molecule has 0 radical (unpaired) electrons. The molecule has 0 aliphatic carbocycles. The normalized spacial score (nSPS) is 12.4. The molecule has 0 aromatic heterocycles. The number of hydrogen-bond donors (Lipinski definition) is 1. The number of nitrogens with one attached hydrogen (secondary N) is 1. The quantitative estimate of drug-likeness (QED) is 0.785. The molecular weight excluding hydrogens is 360 g/mol. The van der Waals surface area contributed by atoms with Crippen LogP contribution in [0.2, 0.25) is 0 Å². The second-order valence-corrected chi connectivity index (χ2v) is 9.10. The van der Waals surface area contributed by atoms with Crippen LogP contribution in [0.5, 0.6) is 0 Å². The fraction of sp³-hybridized carbons (Fsp3) is 0.440. The Morgan fingerprint density at radius 1 is 0.897 bits per heavy atom. The minimum Gasteiger partial charge on any atom is -0.350 e. The molecule has 2 rings (SSSR count). The van der Waals surface area contributed by atoms with E-state index in [1.165, 1.54) is 5.56 Å². The molecule has 4 nitrogen and oxygen atoms in total.